The first-order valence-electron chi connectivity index (χ1n) is 5.68. The van der Waals surface area contributed by atoms with E-state index in [0.717, 1.165) is 19.3 Å². The van der Waals surface area contributed by atoms with Crippen LogP contribution < -0.4 is 5.73 Å². The number of benzene rings is 1. The summed E-state index contributed by atoms with van der Waals surface area (Å²) >= 11 is 0. The van der Waals surface area contributed by atoms with Crippen LogP contribution in [0.25, 0.3) is 0 Å². The average molecular weight is 203 g/mol. The van der Waals surface area contributed by atoms with Crippen molar-refractivity contribution in [3.63, 3.8) is 0 Å². The van der Waals surface area contributed by atoms with Crippen molar-refractivity contribution in [2.24, 2.45) is 5.73 Å². The molecule has 0 saturated carbocycles. The van der Waals surface area contributed by atoms with Crippen LogP contribution in [0.5, 0.6) is 0 Å². The van der Waals surface area contributed by atoms with Gasteiger partial charge in [-0.25, -0.2) is 0 Å². The van der Waals surface area contributed by atoms with Crippen LogP contribution in [0.15, 0.2) is 36.4 Å². The molecule has 0 radical (unpaired) electrons. The van der Waals surface area contributed by atoms with Gasteiger partial charge in [0.1, 0.15) is 0 Å². The minimum Gasteiger partial charge on any atom is -0.324 e. The van der Waals surface area contributed by atoms with E-state index < -0.39 is 0 Å². The molecule has 0 aliphatic carbocycles. The van der Waals surface area contributed by atoms with E-state index in [0.29, 0.717) is 0 Å². The van der Waals surface area contributed by atoms with E-state index in [1.165, 1.54) is 16.7 Å². The van der Waals surface area contributed by atoms with E-state index in [4.69, 9.17) is 5.73 Å². The fourth-order valence-corrected chi connectivity index (χ4v) is 1.57. The third kappa shape index (κ3) is 3.52. The fraction of sp³-hybridized carbons (Fsp3) is 0.429. The van der Waals surface area contributed by atoms with Gasteiger partial charge >= 0.3 is 0 Å². The van der Waals surface area contributed by atoms with Crippen molar-refractivity contribution in [1.82, 2.24) is 0 Å². The minimum atomic E-state index is 0.100. The minimum absolute atomic E-state index is 0.100. The summed E-state index contributed by atoms with van der Waals surface area (Å²) in [7, 11) is 0. The Kier molecular flexibility index (Phi) is 4.57. The van der Waals surface area contributed by atoms with Gasteiger partial charge in [0.2, 0.25) is 0 Å². The maximum Gasteiger partial charge on any atom is 0.0332 e. The Labute approximate surface area is 93.0 Å². The van der Waals surface area contributed by atoms with Crippen molar-refractivity contribution in [3.8, 4) is 0 Å². The molecule has 0 heterocycles. The van der Waals surface area contributed by atoms with Crippen LogP contribution in [-0.2, 0) is 6.42 Å². The molecule has 0 aliphatic heterocycles. The molecule has 1 nitrogen and oxygen atoms in total. The van der Waals surface area contributed by atoms with E-state index in [2.05, 4.69) is 44.7 Å². The van der Waals surface area contributed by atoms with Crippen LogP contribution in [0.1, 0.15) is 43.9 Å². The second-order valence-electron chi connectivity index (χ2n) is 4.01. The summed E-state index contributed by atoms with van der Waals surface area (Å²) in [6.07, 6.45) is 2.99. The normalized spacial score (nSPS) is 12.5. The van der Waals surface area contributed by atoms with Crippen LogP contribution in [0.3, 0.4) is 0 Å². The van der Waals surface area contributed by atoms with Crippen LogP contribution in [-0.4, -0.2) is 0 Å². The Hall–Kier alpha value is -1.08. The first kappa shape index (κ1) is 12.0. The van der Waals surface area contributed by atoms with E-state index >= 15 is 0 Å². The number of hydrogen-bond donors (Lipinski definition) is 1. The van der Waals surface area contributed by atoms with Crippen LogP contribution in [0, 0.1) is 0 Å². The standard InChI is InChI=1S/C14H21N/c1-4-11(3)10-14(15)13-8-6-12(5-2)7-9-13/h6-9,14H,3-5,10,15H2,1-2H3. The molecular formula is C14H21N. The highest BCUT2D eigenvalue weighted by molar-refractivity contribution is 5.25. The van der Waals surface area contributed by atoms with E-state index in [1.54, 1.807) is 0 Å². The van der Waals surface area contributed by atoms with Crippen molar-refractivity contribution < 1.29 is 0 Å². The van der Waals surface area contributed by atoms with Crippen molar-refractivity contribution >= 4 is 0 Å². The molecule has 0 aliphatic rings. The molecule has 1 heteroatoms. The molecule has 15 heavy (non-hydrogen) atoms. The Bertz CT molecular complexity index is 311. The largest absolute Gasteiger partial charge is 0.324 e. The number of nitrogens with two attached hydrogens (primary N) is 1. The molecule has 1 unspecified atom stereocenters. The quantitative estimate of drug-likeness (QED) is 0.727. The Morgan fingerprint density at radius 3 is 2.33 bits per heavy atom. The van der Waals surface area contributed by atoms with Gasteiger partial charge in [0.05, 0.1) is 0 Å². The number of rotatable bonds is 5. The zero-order valence-electron chi connectivity index (χ0n) is 9.79. The van der Waals surface area contributed by atoms with Crippen LogP contribution in [0.4, 0.5) is 0 Å². The summed E-state index contributed by atoms with van der Waals surface area (Å²) < 4.78 is 0. The van der Waals surface area contributed by atoms with Gasteiger partial charge in [0.15, 0.2) is 0 Å². The molecule has 2 N–H and O–H groups in total. The van der Waals surface area contributed by atoms with Crippen LogP contribution >= 0.6 is 0 Å². The van der Waals surface area contributed by atoms with E-state index in [1.807, 2.05) is 0 Å². The molecule has 0 spiro atoms. The SMILES string of the molecule is C=C(CC)CC(N)c1ccc(CC)cc1. The van der Waals surface area contributed by atoms with Gasteiger partial charge in [-0.15, -0.1) is 0 Å². The van der Waals surface area contributed by atoms with Gasteiger partial charge in [-0.1, -0.05) is 50.3 Å². The Morgan fingerprint density at radius 1 is 1.27 bits per heavy atom. The van der Waals surface area contributed by atoms with Gasteiger partial charge in [-0.3, -0.25) is 0 Å². The summed E-state index contributed by atoms with van der Waals surface area (Å²) in [4.78, 5) is 0. The third-order valence-electron chi connectivity index (χ3n) is 2.82. The predicted octanol–water partition coefficient (Wildman–Crippen LogP) is 3.61. The van der Waals surface area contributed by atoms with Gasteiger partial charge in [0.25, 0.3) is 0 Å². The topological polar surface area (TPSA) is 26.0 Å². The monoisotopic (exact) mass is 203 g/mol. The highest BCUT2D eigenvalue weighted by atomic mass is 14.6. The maximum absolute atomic E-state index is 6.10. The molecule has 0 aromatic heterocycles. The van der Waals surface area contributed by atoms with E-state index in [-0.39, 0.29) is 6.04 Å². The lowest BCUT2D eigenvalue weighted by molar-refractivity contribution is 0.701. The van der Waals surface area contributed by atoms with Gasteiger partial charge < -0.3 is 5.73 Å². The fourth-order valence-electron chi connectivity index (χ4n) is 1.57. The summed E-state index contributed by atoms with van der Waals surface area (Å²) in [6, 6.07) is 8.68. The lowest BCUT2D eigenvalue weighted by Crippen LogP contribution is -2.10. The zero-order chi connectivity index (χ0) is 11.3. The molecule has 1 atom stereocenters. The second kappa shape index (κ2) is 5.72. The van der Waals surface area contributed by atoms with Gasteiger partial charge in [-0.2, -0.15) is 0 Å². The molecule has 0 amide bonds. The third-order valence-corrected chi connectivity index (χ3v) is 2.82. The van der Waals surface area contributed by atoms with Crippen molar-refractivity contribution in [1.29, 1.82) is 0 Å². The Balaban J connectivity index is 2.65. The number of aryl methyl sites for hydroxylation is 1. The molecular weight excluding hydrogens is 182 g/mol. The summed E-state index contributed by atoms with van der Waals surface area (Å²) in [5, 5.41) is 0. The summed E-state index contributed by atoms with van der Waals surface area (Å²) in [5.41, 5.74) is 9.90. The molecule has 1 rings (SSSR count). The lowest BCUT2D eigenvalue weighted by Gasteiger charge is -2.13. The molecule has 0 saturated heterocycles. The maximum atomic E-state index is 6.10. The van der Waals surface area contributed by atoms with Gasteiger partial charge in [-0.05, 0) is 30.4 Å². The van der Waals surface area contributed by atoms with E-state index in [9.17, 15) is 0 Å². The lowest BCUT2D eigenvalue weighted by atomic mass is 9.98. The summed E-state index contributed by atoms with van der Waals surface area (Å²) in [6.45, 7) is 8.27. The van der Waals surface area contributed by atoms with Crippen molar-refractivity contribution in [3.05, 3.63) is 47.5 Å². The smallest absolute Gasteiger partial charge is 0.0332 e. The number of hydrogen-bond acceptors (Lipinski definition) is 1. The highest BCUT2D eigenvalue weighted by Crippen LogP contribution is 2.19. The summed E-state index contributed by atoms with van der Waals surface area (Å²) in [5.74, 6) is 0. The highest BCUT2D eigenvalue weighted by Gasteiger charge is 2.06. The molecule has 82 valence electrons. The van der Waals surface area contributed by atoms with Crippen LogP contribution in [0.2, 0.25) is 0 Å². The molecule has 0 fully saturated rings. The first-order chi connectivity index (χ1) is 7.17. The zero-order valence-corrected chi connectivity index (χ0v) is 9.79. The van der Waals surface area contributed by atoms with Crippen molar-refractivity contribution in [2.75, 3.05) is 0 Å². The van der Waals surface area contributed by atoms with Crippen molar-refractivity contribution in [2.45, 2.75) is 39.2 Å². The molecule has 1 aromatic carbocycles. The molecule has 0 bridgehead atoms. The molecule has 1 aromatic rings. The second-order valence-corrected chi connectivity index (χ2v) is 4.01. The Morgan fingerprint density at radius 2 is 1.87 bits per heavy atom. The first-order valence-corrected chi connectivity index (χ1v) is 5.68. The average Bonchev–Trinajstić information content (AvgIpc) is 2.29. The van der Waals surface area contributed by atoms with Gasteiger partial charge in [0, 0.05) is 6.04 Å². The predicted molar refractivity (Wildman–Crippen MR) is 66.8 cm³/mol.